The van der Waals surface area contributed by atoms with Crippen molar-refractivity contribution in [2.24, 2.45) is 7.05 Å². The van der Waals surface area contributed by atoms with Crippen molar-refractivity contribution < 1.29 is 4.57 Å². The molecule has 0 unspecified atom stereocenters. The smallest absolute Gasteiger partial charge is 0.245 e. The van der Waals surface area contributed by atoms with Gasteiger partial charge in [-0.1, -0.05) is 11.8 Å². The summed E-state index contributed by atoms with van der Waals surface area (Å²) in [5.41, 5.74) is 1.16. The number of pyridine rings is 1. The van der Waals surface area contributed by atoms with E-state index in [1.165, 1.54) is 24.1 Å². The number of aryl methyl sites for hydroxylation is 1. The summed E-state index contributed by atoms with van der Waals surface area (Å²) in [6, 6.07) is 2.05. The molecular weight excluding hydrogens is 298 g/mol. The fourth-order valence-corrected chi connectivity index (χ4v) is 2.99. The molecular formula is C12H13BrN3S+. The van der Waals surface area contributed by atoms with Crippen molar-refractivity contribution in [3.8, 4) is 0 Å². The van der Waals surface area contributed by atoms with Crippen molar-refractivity contribution in [1.29, 1.82) is 0 Å². The molecule has 1 aliphatic carbocycles. The molecule has 1 fully saturated rings. The molecule has 0 N–H and O–H groups in total. The Kier molecular flexibility index (Phi) is 2.83. The van der Waals surface area contributed by atoms with Gasteiger partial charge in [0.2, 0.25) is 5.03 Å². The van der Waals surface area contributed by atoms with Gasteiger partial charge < -0.3 is 0 Å². The van der Waals surface area contributed by atoms with E-state index in [0.29, 0.717) is 5.92 Å². The van der Waals surface area contributed by atoms with Gasteiger partial charge in [0, 0.05) is 0 Å². The zero-order valence-electron chi connectivity index (χ0n) is 9.77. The Labute approximate surface area is 113 Å². The summed E-state index contributed by atoms with van der Waals surface area (Å²) in [5.74, 6) is 1.85. The molecule has 0 aliphatic heterocycles. The van der Waals surface area contributed by atoms with Crippen molar-refractivity contribution in [1.82, 2.24) is 9.97 Å². The SMILES string of the molecule is CSc1nc(C2CC2)[n+](C)c2cnc(Br)cc12. The second kappa shape index (κ2) is 4.21. The minimum atomic E-state index is 0.652. The fraction of sp³-hybridized carbons (Fsp3) is 0.417. The first kappa shape index (κ1) is 11.4. The molecule has 3 rings (SSSR count). The molecule has 2 heterocycles. The van der Waals surface area contributed by atoms with Gasteiger partial charge in [0.15, 0.2) is 5.52 Å². The van der Waals surface area contributed by atoms with Crippen LogP contribution in [0.2, 0.25) is 0 Å². The van der Waals surface area contributed by atoms with Crippen LogP contribution in [0.5, 0.6) is 0 Å². The average molecular weight is 311 g/mol. The van der Waals surface area contributed by atoms with Gasteiger partial charge in [0.05, 0.1) is 24.5 Å². The van der Waals surface area contributed by atoms with Crippen molar-refractivity contribution in [3.63, 3.8) is 0 Å². The molecule has 88 valence electrons. The fourth-order valence-electron chi connectivity index (χ4n) is 2.09. The second-order valence-electron chi connectivity index (χ2n) is 4.34. The van der Waals surface area contributed by atoms with E-state index < -0.39 is 0 Å². The van der Waals surface area contributed by atoms with Gasteiger partial charge in [0.1, 0.15) is 4.60 Å². The predicted molar refractivity (Wildman–Crippen MR) is 72.2 cm³/mol. The summed E-state index contributed by atoms with van der Waals surface area (Å²) < 4.78 is 3.05. The summed E-state index contributed by atoms with van der Waals surface area (Å²) in [7, 11) is 2.09. The molecule has 0 spiro atoms. The maximum absolute atomic E-state index is 4.80. The molecule has 17 heavy (non-hydrogen) atoms. The molecule has 2 aromatic heterocycles. The van der Waals surface area contributed by atoms with Crippen molar-refractivity contribution in [3.05, 3.63) is 22.7 Å². The first-order valence-corrected chi connectivity index (χ1v) is 7.61. The Bertz CT molecular complexity index is 596. The maximum atomic E-state index is 4.80. The van der Waals surface area contributed by atoms with E-state index in [-0.39, 0.29) is 0 Å². The van der Waals surface area contributed by atoms with Gasteiger partial charge in [-0.15, -0.1) is 0 Å². The standard InChI is InChI=1S/C12H13BrN3S/c1-16-9-6-14-10(13)5-8(9)12(17-2)15-11(16)7-3-4-7/h5-7H,3-4H2,1-2H3/q+1. The molecule has 0 aromatic carbocycles. The van der Waals surface area contributed by atoms with Crippen LogP contribution in [-0.2, 0) is 7.05 Å². The molecule has 0 saturated heterocycles. The molecule has 0 radical (unpaired) electrons. The quantitative estimate of drug-likeness (QED) is 0.370. The summed E-state index contributed by atoms with van der Waals surface area (Å²) in [6.45, 7) is 0. The molecule has 3 nitrogen and oxygen atoms in total. The average Bonchev–Trinajstić information content (AvgIpc) is 3.13. The van der Waals surface area contributed by atoms with E-state index in [1.54, 1.807) is 11.8 Å². The molecule has 1 saturated carbocycles. The second-order valence-corrected chi connectivity index (χ2v) is 5.94. The Morgan fingerprint density at radius 2 is 2.24 bits per heavy atom. The van der Waals surface area contributed by atoms with Crippen LogP contribution in [-0.4, -0.2) is 16.2 Å². The van der Waals surface area contributed by atoms with Crippen LogP contribution in [0.15, 0.2) is 21.9 Å². The van der Waals surface area contributed by atoms with Gasteiger partial charge in [-0.2, -0.15) is 0 Å². The van der Waals surface area contributed by atoms with Crippen LogP contribution < -0.4 is 4.57 Å². The largest absolute Gasteiger partial charge is 0.303 e. The summed E-state index contributed by atoms with van der Waals surface area (Å²) in [6.07, 6.45) is 6.54. The minimum Gasteiger partial charge on any atom is -0.245 e. The first-order chi connectivity index (χ1) is 8.20. The van der Waals surface area contributed by atoms with E-state index in [9.17, 15) is 0 Å². The van der Waals surface area contributed by atoms with Crippen LogP contribution in [0.3, 0.4) is 0 Å². The molecule has 2 aromatic rings. The van der Waals surface area contributed by atoms with E-state index in [4.69, 9.17) is 4.98 Å². The zero-order chi connectivity index (χ0) is 12.0. The lowest BCUT2D eigenvalue weighted by Gasteiger charge is -2.04. The molecule has 0 amide bonds. The lowest BCUT2D eigenvalue weighted by Crippen LogP contribution is -2.36. The number of rotatable bonds is 2. The monoisotopic (exact) mass is 310 g/mol. The van der Waals surface area contributed by atoms with Gasteiger partial charge in [-0.05, 0) is 46.1 Å². The number of nitrogens with zero attached hydrogens (tertiary/aromatic N) is 3. The third-order valence-electron chi connectivity index (χ3n) is 3.14. The van der Waals surface area contributed by atoms with E-state index >= 15 is 0 Å². The number of halogens is 1. The lowest BCUT2D eigenvalue weighted by atomic mass is 10.3. The summed E-state index contributed by atoms with van der Waals surface area (Å²) in [4.78, 5) is 9.12. The molecule has 0 atom stereocenters. The minimum absolute atomic E-state index is 0.652. The summed E-state index contributed by atoms with van der Waals surface area (Å²) >= 11 is 5.12. The van der Waals surface area contributed by atoms with Gasteiger partial charge in [-0.3, -0.25) is 0 Å². The Balaban J connectivity index is 2.33. The van der Waals surface area contributed by atoms with E-state index in [1.807, 2.05) is 12.3 Å². The van der Waals surface area contributed by atoms with Crippen molar-refractivity contribution in [2.45, 2.75) is 23.8 Å². The van der Waals surface area contributed by atoms with Gasteiger partial charge in [0.25, 0.3) is 0 Å². The number of thioether (sulfide) groups is 1. The highest BCUT2D eigenvalue weighted by Crippen LogP contribution is 2.38. The Morgan fingerprint density at radius 3 is 2.88 bits per heavy atom. The topological polar surface area (TPSA) is 29.7 Å². The molecule has 1 aliphatic rings. The third-order valence-corrected chi connectivity index (χ3v) is 4.27. The zero-order valence-corrected chi connectivity index (χ0v) is 12.2. The highest BCUT2D eigenvalue weighted by molar-refractivity contribution is 9.10. The lowest BCUT2D eigenvalue weighted by molar-refractivity contribution is -0.657. The number of aromatic nitrogens is 3. The van der Waals surface area contributed by atoms with Crippen LogP contribution in [0.25, 0.3) is 10.9 Å². The first-order valence-electron chi connectivity index (χ1n) is 5.60. The van der Waals surface area contributed by atoms with Crippen LogP contribution >= 0.6 is 27.7 Å². The third kappa shape index (κ3) is 1.95. The van der Waals surface area contributed by atoms with Crippen molar-refractivity contribution >= 4 is 38.6 Å². The number of hydrogen-bond acceptors (Lipinski definition) is 3. The van der Waals surface area contributed by atoms with Crippen molar-refractivity contribution in [2.75, 3.05) is 6.26 Å². The Hall–Kier alpha value is -0.680. The van der Waals surface area contributed by atoms with Gasteiger partial charge in [-0.25, -0.2) is 9.55 Å². The van der Waals surface area contributed by atoms with Gasteiger partial charge >= 0.3 is 5.82 Å². The number of hydrogen-bond donors (Lipinski definition) is 0. The van der Waals surface area contributed by atoms with E-state index in [0.717, 1.165) is 15.1 Å². The summed E-state index contributed by atoms with van der Waals surface area (Å²) in [5, 5.41) is 2.27. The van der Waals surface area contributed by atoms with Crippen LogP contribution in [0.1, 0.15) is 24.6 Å². The highest BCUT2D eigenvalue weighted by atomic mass is 79.9. The van der Waals surface area contributed by atoms with E-state index in [2.05, 4.69) is 38.8 Å². The Morgan fingerprint density at radius 1 is 1.47 bits per heavy atom. The van der Waals surface area contributed by atoms with Crippen LogP contribution in [0.4, 0.5) is 0 Å². The van der Waals surface area contributed by atoms with Crippen LogP contribution in [0, 0.1) is 0 Å². The molecule has 0 bridgehead atoms. The predicted octanol–water partition coefficient (Wildman–Crippen LogP) is 2.82. The maximum Gasteiger partial charge on any atom is 0.303 e. The normalized spacial score (nSPS) is 15.5. The highest BCUT2D eigenvalue weighted by Gasteiger charge is 2.35. The molecule has 5 heteroatoms. The number of fused-ring (bicyclic) bond motifs is 1.